The van der Waals surface area contributed by atoms with Crippen LogP contribution in [0.25, 0.3) is 11.0 Å². The summed E-state index contributed by atoms with van der Waals surface area (Å²) in [5.41, 5.74) is 5.96. The van der Waals surface area contributed by atoms with Crippen LogP contribution in [0.1, 0.15) is 22.5 Å². The fourth-order valence-corrected chi connectivity index (χ4v) is 3.58. The number of ether oxygens (including phenoxy) is 1. The predicted octanol–water partition coefficient (Wildman–Crippen LogP) is 5.52. The predicted molar refractivity (Wildman–Crippen MR) is 115 cm³/mol. The maximum Gasteiger partial charge on any atom is 0.122 e. The Morgan fingerprint density at radius 1 is 0.857 bits per heavy atom. The highest BCUT2D eigenvalue weighted by Gasteiger charge is 2.11. The molecule has 0 saturated heterocycles. The Hall–Kier alpha value is -3.07. The van der Waals surface area contributed by atoms with Crippen LogP contribution in [0.5, 0.6) is 5.75 Å². The van der Waals surface area contributed by atoms with Crippen molar-refractivity contribution in [2.75, 3.05) is 6.61 Å². The van der Waals surface area contributed by atoms with Crippen molar-refractivity contribution in [3.63, 3.8) is 0 Å². The lowest BCUT2D eigenvalue weighted by molar-refractivity contribution is 0.296. The first kappa shape index (κ1) is 18.3. The summed E-state index contributed by atoms with van der Waals surface area (Å²) in [6, 6.07) is 25.3. The van der Waals surface area contributed by atoms with Crippen LogP contribution >= 0.6 is 0 Å². The van der Waals surface area contributed by atoms with Gasteiger partial charge in [0.05, 0.1) is 17.6 Å². The number of nitrogens with zero attached hydrogens (tertiary/aromatic N) is 2. The molecule has 1 aromatic heterocycles. The van der Waals surface area contributed by atoms with E-state index in [1.807, 2.05) is 6.07 Å². The van der Waals surface area contributed by atoms with Crippen molar-refractivity contribution in [1.82, 2.24) is 9.55 Å². The Balaban J connectivity index is 1.52. The number of benzene rings is 3. The number of aromatic nitrogens is 2. The molecule has 0 unspecified atom stereocenters. The molecule has 0 atom stereocenters. The number of hydrogen-bond donors (Lipinski definition) is 0. The molecule has 3 heteroatoms. The number of hydrogen-bond acceptors (Lipinski definition) is 2. The Morgan fingerprint density at radius 3 is 2.50 bits per heavy atom. The first-order chi connectivity index (χ1) is 13.7. The molecule has 0 saturated carbocycles. The molecule has 0 bridgehead atoms. The van der Waals surface area contributed by atoms with Gasteiger partial charge in [0.1, 0.15) is 18.2 Å². The number of para-hydroxylation sites is 2. The molecule has 0 aliphatic heterocycles. The van der Waals surface area contributed by atoms with Crippen LogP contribution < -0.4 is 4.74 Å². The Bertz CT molecular complexity index is 1070. The lowest BCUT2D eigenvalue weighted by Crippen LogP contribution is -2.12. The summed E-state index contributed by atoms with van der Waals surface area (Å²) >= 11 is 0. The number of fused-ring (bicyclic) bond motifs is 1. The largest absolute Gasteiger partial charge is 0.491 e. The van der Waals surface area contributed by atoms with E-state index in [0.717, 1.165) is 36.5 Å². The van der Waals surface area contributed by atoms with Crippen LogP contribution in [-0.2, 0) is 19.4 Å². The van der Waals surface area contributed by atoms with Crippen LogP contribution in [-0.4, -0.2) is 16.2 Å². The Morgan fingerprint density at radius 2 is 1.64 bits per heavy atom. The van der Waals surface area contributed by atoms with Crippen molar-refractivity contribution in [1.29, 1.82) is 0 Å². The molecule has 3 aromatic carbocycles. The Kier molecular flexibility index (Phi) is 5.43. The molecule has 0 aliphatic carbocycles. The topological polar surface area (TPSA) is 27.1 Å². The first-order valence-corrected chi connectivity index (χ1v) is 9.89. The monoisotopic (exact) mass is 370 g/mol. The molecule has 0 amide bonds. The van der Waals surface area contributed by atoms with Crippen LogP contribution in [0.15, 0.2) is 72.8 Å². The van der Waals surface area contributed by atoms with Gasteiger partial charge in [-0.1, -0.05) is 54.6 Å². The highest BCUT2D eigenvalue weighted by atomic mass is 16.5. The van der Waals surface area contributed by atoms with Crippen molar-refractivity contribution >= 4 is 11.0 Å². The van der Waals surface area contributed by atoms with Gasteiger partial charge in [-0.25, -0.2) is 4.98 Å². The summed E-state index contributed by atoms with van der Waals surface area (Å²) in [4.78, 5) is 4.89. The van der Waals surface area contributed by atoms with Gasteiger partial charge in [0, 0.05) is 6.42 Å². The van der Waals surface area contributed by atoms with Gasteiger partial charge in [0.2, 0.25) is 0 Å². The zero-order valence-electron chi connectivity index (χ0n) is 16.6. The molecule has 0 aliphatic rings. The van der Waals surface area contributed by atoms with E-state index in [1.54, 1.807) is 0 Å². The average molecular weight is 370 g/mol. The minimum atomic E-state index is 0.628. The zero-order valence-corrected chi connectivity index (χ0v) is 16.6. The number of rotatable bonds is 7. The van der Waals surface area contributed by atoms with E-state index in [0.29, 0.717) is 6.61 Å². The van der Waals surface area contributed by atoms with E-state index in [4.69, 9.17) is 9.72 Å². The molecule has 28 heavy (non-hydrogen) atoms. The first-order valence-electron chi connectivity index (χ1n) is 9.89. The summed E-state index contributed by atoms with van der Waals surface area (Å²) in [6.45, 7) is 5.60. The summed E-state index contributed by atoms with van der Waals surface area (Å²) in [6.07, 6.45) is 1.91. The molecule has 4 rings (SSSR count). The van der Waals surface area contributed by atoms with E-state index < -0.39 is 0 Å². The summed E-state index contributed by atoms with van der Waals surface area (Å²) in [5, 5.41) is 0. The van der Waals surface area contributed by atoms with Crippen molar-refractivity contribution in [3.8, 4) is 5.75 Å². The van der Waals surface area contributed by atoms with Gasteiger partial charge in [0.15, 0.2) is 0 Å². The molecule has 1 heterocycles. The molecule has 0 spiro atoms. The van der Waals surface area contributed by atoms with Crippen LogP contribution in [0, 0.1) is 13.8 Å². The summed E-state index contributed by atoms with van der Waals surface area (Å²) in [5.74, 6) is 2.09. The van der Waals surface area contributed by atoms with Crippen molar-refractivity contribution < 1.29 is 4.74 Å². The molecule has 4 aromatic rings. The maximum absolute atomic E-state index is 6.11. The van der Waals surface area contributed by atoms with E-state index in [9.17, 15) is 0 Å². The van der Waals surface area contributed by atoms with E-state index in [2.05, 4.69) is 85.1 Å². The summed E-state index contributed by atoms with van der Waals surface area (Å²) in [7, 11) is 0. The third-order valence-corrected chi connectivity index (χ3v) is 5.13. The highest BCUT2D eigenvalue weighted by molar-refractivity contribution is 5.75. The van der Waals surface area contributed by atoms with Gasteiger partial charge in [-0.05, 0) is 55.2 Å². The third kappa shape index (κ3) is 4.09. The Labute approximate surface area is 166 Å². The zero-order chi connectivity index (χ0) is 19.3. The SMILES string of the molecule is Cc1ccc(C)c(OCCn2c(CCc3ccccc3)nc3ccccc32)c1. The van der Waals surface area contributed by atoms with Crippen LogP contribution in [0.3, 0.4) is 0 Å². The normalized spacial score (nSPS) is 11.1. The molecule has 0 N–H and O–H groups in total. The summed E-state index contributed by atoms with van der Waals surface area (Å²) < 4.78 is 8.42. The van der Waals surface area contributed by atoms with Crippen molar-refractivity contribution in [3.05, 3.63) is 95.3 Å². The van der Waals surface area contributed by atoms with Crippen molar-refractivity contribution in [2.45, 2.75) is 33.2 Å². The van der Waals surface area contributed by atoms with Gasteiger partial charge < -0.3 is 9.30 Å². The van der Waals surface area contributed by atoms with Gasteiger partial charge in [0.25, 0.3) is 0 Å². The van der Waals surface area contributed by atoms with Gasteiger partial charge in [-0.15, -0.1) is 0 Å². The van der Waals surface area contributed by atoms with E-state index in [1.165, 1.54) is 22.2 Å². The smallest absolute Gasteiger partial charge is 0.122 e. The minimum absolute atomic E-state index is 0.628. The van der Waals surface area contributed by atoms with E-state index in [-0.39, 0.29) is 0 Å². The lowest BCUT2D eigenvalue weighted by atomic mass is 10.1. The number of imidazole rings is 1. The second-order valence-electron chi connectivity index (χ2n) is 7.27. The lowest BCUT2D eigenvalue weighted by Gasteiger charge is -2.13. The standard InChI is InChI=1S/C25H26N2O/c1-19-12-13-20(2)24(18-19)28-17-16-27-23-11-7-6-10-22(23)26-25(27)15-14-21-8-4-3-5-9-21/h3-13,18H,14-17H2,1-2H3. The number of aryl methyl sites for hydroxylation is 4. The van der Waals surface area contributed by atoms with Gasteiger partial charge in [-0.3, -0.25) is 0 Å². The van der Waals surface area contributed by atoms with Gasteiger partial charge in [-0.2, -0.15) is 0 Å². The second kappa shape index (κ2) is 8.30. The molecule has 3 nitrogen and oxygen atoms in total. The molecular weight excluding hydrogens is 344 g/mol. The maximum atomic E-state index is 6.11. The molecule has 142 valence electrons. The molecular formula is C25H26N2O. The fraction of sp³-hybridized carbons (Fsp3) is 0.240. The highest BCUT2D eigenvalue weighted by Crippen LogP contribution is 2.21. The molecule has 0 radical (unpaired) electrons. The quantitative estimate of drug-likeness (QED) is 0.428. The average Bonchev–Trinajstić information content (AvgIpc) is 3.07. The van der Waals surface area contributed by atoms with Crippen LogP contribution in [0.4, 0.5) is 0 Å². The van der Waals surface area contributed by atoms with E-state index >= 15 is 0 Å². The van der Waals surface area contributed by atoms with Crippen molar-refractivity contribution in [2.24, 2.45) is 0 Å². The molecule has 0 fully saturated rings. The van der Waals surface area contributed by atoms with Gasteiger partial charge >= 0.3 is 0 Å². The third-order valence-electron chi connectivity index (χ3n) is 5.13. The second-order valence-corrected chi connectivity index (χ2v) is 7.27. The fourth-order valence-electron chi connectivity index (χ4n) is 3.58. The minimum Gasteiger partial charge on any atom is -0.491 e. The van der Waals surface area contributed by atoms with Crippen LogP contribution in [0.2, 0.25) is 0 Å².